The van der Waals surface area contributed by atoms with Crippen LogP contribution in [0.5, 0.6) is 0 Å². The summed E-state index contributed by atoms with van der Waals surface area (Å²) in [5.41, 5.74) is 0.0881. The van der Waals surface area contributed by atoms with Gasteiger partial charge in [-0.1, -0.05) is 34.6 Å². The third-order valence-electron chi connectivity index (χ3n) is 1.44. The summed E-state index contributed by atoms with van der Waals surface area (Å²) in [5, 5.41) is 0. The third kappa shape index (κ3) is 3.24. The van der Waals surface area contributed by atoms with Crippen molar-refractivity contribution in [1.82, 2.24) is 0 Å². The van der Waals surface area contributed by atoms with Gasteiger partial charge in [0.05, 0.1) is 6.04 Å². The van der Waals surface area contributed by atoms with E-state index >= 15 is 0 Å². The molecule has 0 aliphatic carbocycles. The molecule has 0 fully saturated rings. The van der Waals surface area contributed by atoms with Crippen molar-refractivity contribution in [1.29, 1.82) is 0 Å². The van der Waals surface area contributed by atoms with Crippen LogP contribution in [0.25, 0.3) is 0 Å². The molecular formula is C10H21NO. The normalized spacial score (nSPS) is 22.2. The summed E-state index contributed by atoms with van der Waals surface area (Å²) >= 11 is 0. The van der Waals surface area contributed by atoms with Crippen LogP contribution in [-0.2, 0) is 4.74 Å². The Morgan fingerprint density at radius 1 is 1.33 bits per heavy atom. The van der Waals surface area contributed by atoms with Crippen molar-refractivity contribution in [3.63, 3.8) is 0 Å². The van der Waals surface area contributed by atoms with E-state index in [4.69, 9.17) is 4.74 Å². The molecule has 0 unspecified atom stereocenters. The maximum absolute atomic E-state index is 5.38. The van der Waals surface area contributed by atoms with Gasteiger partial charge in [0, 0.05) is 5.41 Å². The Bertz CT molecular complexity index is 156. The summed E-state index contributed by atoms with van der Waals surface area (Å²) in [6.07, 6.45) is 0. The largest absolute Gasteiger partial charge is 0.478 e. The van der Waals surface area contributed by atoms with E-state index in [0.29, 0.717) is 6.04 Å². The Morgan fingerprint density at radius 3 is 2.00 bits per heavy atom. The van der Waals surface area contributed by atoms with E-state index in [-0.39, 0.29) is 5.41 Å². The van der Waals surface area contributed by atoms with Crippen molar-refractivity contribution in [2.75, 3.05) is 6.61 Å². The summed E-state index contributed by atoms with van der Waals surface area (Å²) in [5.74, 6) is 0.903. The highest BCUT2D eigenvalue weighted by molar-refractivity contribution is 5.82. The predicted octanol–water partition coefficient (Wildman–Crippen LogP) is 2.88. The first-order valence-corrected chi connectivity index (χ1v) is 4.71. The molecule has 1 rings (SSSR count). The molecule has 0 N–H and O–H groups in total. The van der Waals surface area contributed by atoms with Gasteiger partial charge in [0.1, 0.15) is 6.61 Å². The summed E-state index contributed by atoms with van der Waals surface area (Å²) < 4.78 is 5.38. The van der Waals surface area contributed by atoms with Gasteiger partial charge in [-0.15, -0.1) is 0 Å². The second kappa shape index (κ2) is 4.48. The lowest BCUT2D eigenvalue weighted by molar-refractivity contribution is 0.286. The zero-order chi connectivity index (χ0) is 9.78. The fraction of sp³-hybridized carbons (Fsp3) is 0.900. The van der Waals surface area contributed by atoms with Crippen molar-refractivity contribution in [3.8, 4) is 0 Å². The van der Waals surface area contributed by atoms with Gasteiger partial charge in [-0.25, -0.2) is 4.99 Å². The van der Waals surface area contributed by atoms with Crippen LogP contribution in [0, 0.1) is 5.41 Å². The van der Waals surface area contributed by atoms with Gasteiger partial charge in [0.2, 0.25) is 0 Å². The average Bonchev–Trinajstić information content (AvgIpc) is 2.39. The molecule has 0 saturated heterocycles. The quantitative estimate of drug-likeness (QED) is 0.549. The van der Waals surface area contributed by atoms with Crippen molar-refractivity contribution >= 4 is 5.90 Å². The van der Waals surface area contributed by atoms with Gasteiger partial charge in [0.15, 0.2) is 5.90 Å². The summed E-state index contributed by atoms with van der Waals surface area (Å²) in [6.45, 7) is 13.2. The monoisotopic (exact) mass is 171 g/mol. The molecule has 0 aromatic rings. The van der Waals surface area contributed by atoms with Crippen LogP contribution in [0.1, 0.15) is 41.5 Å². The zero-order valence-corrected chi connectivity index (χ0v) is 9.14. The van der Waals surface area contributed by atoms with Gasteiger partial charge >= 0.3 is 0 Å². The first kappa shape index (κ1) is 11.5. The minimum atomic E-state index is 0.0881. The minimum Gasteiger partial charge on any atom is -0.478 e. The first-order valence-electron chi connectivity index (χ1n) is 4.71. The van der Waals surface area contributed by atoms with E-state index in [9.17, 15) is 0 Å². The maximum Gasteiger partial charge on any atom is 0.189 e. The van der Waals surface area contributed by atoms with E-state index in [1.54, 1.807) is 0 Å². The van der Waals surface area contributed by atoms with E-state index in [1.165, 1.54) is 0 Å². The molecule has 2 heteroatoms. The van der Waals surface area contributed by atoms with Crippen molar-refractivity contribution in [3.05, 3.63) is 0 Å². The van der Waals surface area contributed by atoms with Crippen LogP contribution in [0.3, 0.4) is 0 Å². The van der Waals surface area contributed by atoms with Crippen molar-refractivity contribution in [2.45, 2.75) is 47.6 Å². The summed E-state index contributed by atoms with van der Waals surface area (Å²) in [4.78, 5) is 4.35. The highest BCUT2D eigenvalue weighted by Crippen LogP contribution is 2.21. The number of aliphatic imine (C=N–C) groups is 1. The van der Waals surface area contributed by atoms with Crippen molar-refractivity contribution < 1.29 is 4.74 Å². The van der Waals surface area contributed by atoms with Crippen LogP contribution in [-0.4, -0.2) is 18.5 Å². The topological polar surface area (TPSA) is 21.6 Å². The average molecular weight is 171 g/mol. The van der Waals surface area contributed by atoms with Gasteiger partial charge in [0.25, 0.3) is 0 Å². The fourth-order valence-electron chi connectivity index (χ4n) is 0.884. The second-order valence-corrected chi connectivity index (χ2v) is 3.84. The number of nitrogens with zero attached hydrogens (tertiary/aromatic N) is 1. The maximum atomic E-state index is 5.38. The number of ether oxygens (including phenoxy) is 1. The summed E-state index contributed by atoms with van der Waals surface area (Å²) in [7, 11) is 0. The van der Waals surface area contributed by atoms with Crippen LogP contribution >= 0.6 is 0 Å². The van der Waals surface area contributed by atoms with Crippen LogP contribution in [0.15, 0.2) is 4.99 Å². The molecule has 0 saturated carbocycles. The Hall–Kier alpha value is -0.530. The van der Waals surface area contributed by atoms with Crippen LogP contribution < -0.4 is 0 Å². The number of rotatable bonds is 0. The van der Waals surface area contributed by atoms with Gasteiger partial charge < -0.3 is 4.74 Å². The molecule has 72 valence electrons. The number of hydrogen-bond donors (Lipinski definition) is 0. The van der Waals surface area contributed by atoms with Crippen LogP contribution in [0.2, 0.25) is 0 Å². The molecule has 0 amide bonds. The van der Waals surface area contributed by atoms with E-state index in [0.717, 1.165) is 12.5 Å². The highest BCUT2D eigenvalue weighted by Gasteiger charge is 2.25. The molecule has 0 bridgehead atoms. The molecule has 0 radical (unpaired) electrons. The third-order valence-corrected chi connectivity index (χ3v) is 1.44. The molecule has 1 aliphatic rings. The van der Waals surface area contributed by atoms with Crippen molar-refractivity contribution in [2.24, 2.45) is 10.4 Å². The van der Waals surface area contributed by atoms with E-state index in [2.05, 4.69) is 32.7 Å². The summed E-state index contributed by atoms with van der Waals surface area (Å²) in [6, 6.07) is 0.356. The van der Waals surface area contributed by atoms with Gasteiger partial charge in [-0.3, -0.25) is 0 Å². The molecular weight excluding hydrogens is 150 g/mol. The molecule has 1 aliphatic heterocycles. The van der Waals surface area contributed by atoms with Gasteiger partial charge in [-0.05, 0) is 6.92 Å². The number of hydrogen-bond acceptors (Lipinski definition) is 2. The lowest BCUT2D eigenvalue weighted by atomic mass is 9.97. The van der Waals surface area contributed by atoms with E-state index in [1.807, 2.05) is 13.8 Å². The molecule has 0 aromatic carbocycles. The molecule has 1 heterocycles. The molecule has 0 aromatic heterocycles. The van der Waals surface area contributed by atoms with Gasteiger partial charge in [-0.2, -0.15) is 0 Å². The predicted molar refractivity (Wildman–Crippen MR) is 53.7 cm³/mol. The standard InChI is InChI=1S/C8H15NO.C2H6/c1-6-5-10-7(9-6)8(2,3)4;1-2/h6H,5H2,1-4H3;1-2H3/t6-;/m0./s1. The fourth-order valence-corrected chi connectivity index (χ4v) is 0.884. The lowest BCUT2D eigenvalue weighted by Crippen LogP contribution is -2.20. The molecule has 1 atom stereocenters. The Kier molecular flexibility index (Phi) is 4.29. The Labute approximate surface area is 76.0 Å². The molecule has 12 heavy (non-hydrogen) atoms. The molecule has 0 spiro atoms. The molecule has 2 nitrogen and oxygen atoms in total. The smallest absolute Gasteiger partial charge is 0.189 e. The zero-order valence-electron chi connectivity index (χ0n) is 9.14. The van der Waals surface area contributed by atoms with Crippen LogP contribution in [0.4, 0.5) is 0 Å². The SMILES string of the molecule is CC.C[C@H]1COC(C(C)(C)C)=N1. The first-order chi connectivity index (χ1) is 5.50. The minimum absolute atomic E-state index is 0.0881. The lowest BCUT2D eigenvalue weighted by Gasteiger charge is -2.16. The Balaban J connectivity index is 0.000000561. The second-order valence-electron chi connectivity index (χ2n) is 3.84. The Morgan fingerprint density at radius 2 is 1.83 bits per heavy atom. The van der Waals surface area contributed by atoms with E-state index < -0.39 is 0 Å². The highest BCUT2D eigenvalue weighted by atomic mass is 16.5.